The van der Waals surface area contributed by atoms with Crippen molar-refractivity contribution in [3.63, 3.8) is 0 Å². The van der Waals surface area contributed by atoms with Gasteiger partial charge in [0.2, 0.25) is 0 Å². The average molecular weight is 207 g/mol. The lowest BCUT2D eigenvalue weighted by atomic mass is 9.72. The van der Waals surface area contributed by atoms with Crippen LogP contribution in [-0.4, -0.2) is 24.0 Å². The standard InChI is InChI=1S/C14H25N/c1-13(2,3)9-14-8-10-7-11(10)12(14)5-6-15(14)4/h10-12H,5-9H2,1-4H3. The molecule has 0 radical (unpaired) electrons. The second-order valence-electron chi connectivity index (χ2n) is 7.52. The highest BCUT2D eigenvalue weighted by Gasteiger charge is 2.64. The molecule has 4 atom stereocenters. The smallest absolute Gasteiger partial charge is 0.0245 e. The summed E-state index contributed by atoms with van der Waals surface area (Å²) in [4.78, 5) is 2.70. The van der Waals surface area contributed by atoms with Crippen molar-refractivity contribution in [1.29, 1.82) is 0 Å². The molecule has 0 aromatic heterocycles. The number of nitrogens with zero attached hydrogens (tertiary/aromatic N) is 1. The molecule has 1 heteroatoms. The molecule has 4 unspecified atom stereocenters. The average Bonchev–Trinajstić information content (AvgIpc) is 2.65. The third kappa shape index (κ3) is 1.39. The Kier molecular flexibility index (Phi) is 1.89. The zero-order chi connectivity index (χ0) is 10.8. The minimum Gasteiger partial charge on any atom is -0.300 e. The maximum atomic E-state index is 2.70. The molecular weight excluding hydrogens is 182 g/mol. The molecule has 0 bridgehead atoms. The molecule has 3 fully saturated rings. The molecule has 1 nitrogen and oxygen atoms in total. The summed E-state index contributed by atoms with van der Waals surface area (Å²) in [7, 11) is 2.37. The van der Waals surface area contributed by atoms with Crippen LogP contribution in [0.2, 0.25) is 0 Å². The lowest BCUT2D eigenvalue weighted by Gasteiger charge is -2.43. The lowest BCUT2D eigenvalue weighted by molar-refractivity contribution is 0.0780. The van der Waals surface area contributed by atoms with Crippen LogP contribution >= 0.6 is 0 Å². The van der Waals surface area contributed by atoms with Gasteiger partial charge >= 0.3 is 0 Å². The summed E-state index contributed by atoms with van der Waals surface area (Å²) in [6.07, 6.45) is 5.96. The maximum Gasteiger partial charge on any atom is 0.0245 e. The molecule has 2 aliphatic carbocycles. The fourth-order valence-electron chi connectivity index (χ4n) is 4.74. The van der Waals surface area contributed by atoms with E-state index in [0.717, 1.165) is 17.8 Å². The van der Waals surface area contributed by atoms with Gasteiger partial charge in [0.15, 0.2) is 0 Å². The minimum atomic E-state index is 0.494. The van der Waals surface area contributed by atoms with Crippen LogP contribution in [-0.2, 0) is 0 Å². The van der Waals surface area contributed by atoms with Crippen LogP contribution in [0.15, 0.2) is 0 Å². The van der Waals surface area contributed by atoms with Crippen LogP contribution in [0.25, 0.3) is 0 Å². The number of hydrogen-bond donors (Lipinski definition) is 0. The van der Waals surface area contributed by atoms with E-state index in [2.05, 4.69) is 32.7 Å². The van der Waals surface area contributed by atoms with Crippen LogP contribution in [0.1, 0.15) is 46.5 Å². The van der Waals surface area contributed by atoms with Crippen LogP contribution in [0.4, 0.5) is 0 Å². The fraction of sp³-hybridized carbons (Fsp3) is 1.00. The highest BCUT2D eigenvalue weighted by atomic mass is 15.2. The molecule has 1 heterocycles. The van der Waals surface area contributed by atoms with Crippen molar-refractivity contribution in [2.45, 2.75) is 52.0 Å². The van der Waals surface area contributed by atoms with Crippen molar-refractivity contribution >= 4 is 0 Å². The molecule has 0 aromatic rings. The normalized spacial score (nSPS) is 49.2. The van der Waals surface area contributed by atoms with Gasteiger partial charge in [-0.15, -0.1) is 0 Å². The Balaban J connectivity index is 1.87. The summed E-state index contributed by atoms with van der Waals surface area (Å²) in [5, 5.41) is 0. The molecule has 86 valence electrons. The Hall–Kier alpha value is -0.0400. The Morgan fingerprint density at radius 2 is 2.07 bits per heavy atom. The van der Waals surface area contributed by atoms with E-state index < -0.39 is 0 Å². The van der Waals surface area contributed by atoms with E-state index >= 15 is 0 Å². The van der Waals surface area contributed by atoms with Gasteiger partial charge in [0, 0.05) is 5.54 Å². The summed E-state index contributed by atoms with van der Waals surface area (Å²) in [5.41, 5.74) is 1.10. The van der Waals surface area contributed by atoms with Gasteiger partial charge in [-0.2, -0.15) is 0 Å². The summed E-state index contributed by atoms with van der Waals surface area (Å²) in [6.45, 7) is 8.59. The zero-order valence-electron chi connectivity index (χ0n) is 10.7. The van der Waals surface area contributed by atoms with E-state index in [0.29, 0.717) is 11.0 Å². The van der Waals surface area contributed by atoms with Crippen molar-refractivity contribution < 1.29 is 0 Å². The predicted octanol–water partition coefficient (Wildman–Crippen LogP) is 3.15. The highest BCUT2D eigenvalue weighted by Crippen LogP contribution is 2.66. The Morgan fingerprint density at radius 3 is 2.73 bits per heavy atom. The van der Waals surface area contributed by atoms with Gasteiger partial charge in [-0.3, -0.25) is 0 Å². The van der Waals surface area contributed by atoms with Gasteiger partial charge in [-0.25, -0.2) is 0 Å². The van der Waals surface area contributed by atoms with Gasteiger partial charge in [-0.05, 0) is 62.4 Å². The molecule has 0 amide bonds. The van der Waals surface area contributed by atoms with Crippen LogP contribution < -0.4 is 0 Å². The van der Waals surface area contributed by atoms with E-state index in [1.165, 1.54) is 25.8 Å². The molecule has 2 saturated carbocycles. The summed E-state index contributed by atoms with van der Waals surface area (Å²) in [5.74, 6) is 3.28. The Morgan fingerprint density at radius 1 is 1.33 bits per heavy atom. The molecule has 0 aromatic carbocycles. The second-order valence-corrected chi connectivity index (χ2v) is 7.52. The molecule has 15 heavy (non-hydrogen) atoms. The first-order valence-corrected chi connectivity index (χ1v) is 6.64. The fourth-order valence-corrected chi connectivity index (χ4v) is 4.74. The van der Waals surface area contributed by atoms with E-state index in [1.54, 1.807) is 6.42 Å². The van der Waals surface area contributed by atoms with Crippen LogP contribution in [0, 0.1) is 23.2 Å². The van der Waals surface area contributed by atoms with Gasteiger partial charge in [-0.1, -0.05) is 20.8 Å². The first-order valence-electron chi connectivity index (χ1n) is 6.64. The highest BCUT2D eigenvalue weighted by molar-refractivity contribution is 5.17. The zero-order valence-corrected chi connectivity index (χ0v) is 10.7. The number of fused-ring (bicyclic) bond motifs is 3. The summed E-state index contributed by atoms with van der Waals surface area (Å²) < 4.78 is 0. The third-order valence-corrected chi connectivity index (χ3v) is 5.17. The van der Waals surface area contributed by atoms with Crippen molar-refractivity contribution in [3.05, 3.63) is 0 Å². The van der Waals surface area contributed by atoms with Gasteiger partial charge in [0.05, 0.1) is 0 Å². The number of hydrogen-bond acceptors (Lipinski definition) is 1. The first kappa shape index (κ1) is 10.1. The quantitative estimate of drug-likeness (QED) is 0.638. The lowest BCUT2D eigenvalue weighted by Crippen LogP contribution is -2.47. The van der Waals surface area contributed by atoms with Crippen molar-refractivity contribution in [1.82, 2.24) is 4.90 Å². The van der Waals surface area contributed by atoms with E-state index in [-0.39, 0.29) is 0 Å². The molecule has 3 aliphatic rings. The topological polar surface area (TPSA) is 3.24 Å². The summed E-state index contributed by atoms with van der Waals surface area (Å²) in [6, 6.07) is 0. The van der Waals surface area contributed by atoms with Crippen LogP contribution in [0.5, 0.6) is 0 Å². The predicted molar refractivity (Wildman–Crippen MR) is 63.8 cm³/mol. The summed E-state index contributed by atoms with van der Waals surface area (Å²) >= 11 is 0. The van der Waals surface area contributed by atoms with Crippen molar-refractivity contribution in [3.8, 4) is 0 Å². The van der Waals surface area contributed by atoms with Crippen LogP contribution in [0.3, 0.4) is 0 Å². The van der Waals surface area contributed by atoms with Gasteiger partial charge in [0.1, 0.15) is 0 Å². The SMILES string of the molecule is CN1CCC2C3CC3CC21CC(C)(C)C. The van der Waals surface area contributed by atoms with E-state index in [1.807, 2.05) is 0 Å². The Labute approximate surface area is 94.2 Å². The largest absolute Gasteiger partial charge is 0.300 e. The van der Waals surface area contributed by atoms with Gasteiger partial charge in [0.25, 0.3) is 0 Å². The second kappa shape index (κ2) is 2.80. The number of rotatable bonds is 1. The maximum absolute atomic E-state index is 2.70. The molecule has 3 rings (SSSR count). The third-order valence-electron chi connectivity index (χ3n) is 5.17. The monoisotopic (exact) mass is 207 g/mol. The molecule has 1 saturated heterocycles. The van der Waals surface area contributed by atoms with E-state index in [9.17, 15) is 0 Å². The first-order chi connectivity index (χ1) is 6.92. The van der Waals surface area contributed by atoms with Gasteiger partial charge < -0.3 is 4.90 Å². The molecule has 0 spiro atoms. The minimum absolute atomic E-state index is 0.494. The molecule has 0 N–H and O–H groups in total. The van der Waals surface area contributed by atoms with Crippen molar-refractivity contribution in [2.24, 2.45) is 23.2 Å². The van der Waals surface area contributed by atoms with E-state index in [4.69, 9.17) is 0 Å². The Bertz CT molecular complexity index is 278. The van der Waals surface area contributed by atoms with Crippen molar-refractivity contribution in [2.75, 3.05) is 13.6 Å². The number of likely N-dealkylation sites (tertiary alicyclic amines) is 1. The molecule has 1 aliphatic heterocycles. The molecular formula is C14H25N.